The number of amides is 1. The Morgan fingerprint density at radius 2 is 2.12 bits per heavy atom. The van der Waals surface area contributed by atoms with Crippen LogP contribution in [0.15, 0.2) is 23.1 Å². The van der Waals surface area contributed by atoms with Crippen molar-refractivity contribution in [2.75, 3.05) is 13.3 Å². The Balaban J connectivity index is 2.01. The second kappa shape index (κ2) is 6.59. The third-order valence-electron chi connectivity index (χ3n) is 4.92. The molecule has 1 aliphatic carbocycles. The van der Waals surface area contributed by atoms with E-state index >= 15 is 0 Å². The lowest BCUT2D eigenvalue weighted by atomic mass is 10.1. The Kier molecular flexibility index (Phi) is 4.67. The largest absolute Gasteiger partial charge is 0.360 e. The van der Waals surface area contributed by atoms with E-state index in [4.69, 9.17) is 0 Å². The van der Waals surface area contributed by atoms with E-state index in [9.17, 15) is 14.0 Å². The molecule has 1 amide bonds. The van der Waals surface area contributed by atoms with Crippen LogP contribution in [0.3, 0.4) is 0 Å². The van der Waals surface area contributed by atoms with Crippen molar-refractivity contribution in [3.05, 3.63) is 45.5 Å². The fraction of sp³-hybridized carbons (Fsp3) is 0.444. The van der Waals surface area contributed by atoms with Crippen LogP contribution in [0, 0.1) is 12.7 Å². The van der Waals surface area contributed by atoms with Gasteiger partial charge in [-0.2, -0.15) is 11.8 Å². The van der Waals surface area contributed by atoms with E-state index < -0.39 is 11.2 Å². The summed E-state index contributed by atoms with van der Waals surface area (Å²) in [6.45, 7) is 1.73. The van der Waals surface area contributed by atoms with Gasteiger partial charge in [-0.05, 0) is 43.7 Å². The van der Waals surface area contributed by atoms with Gasteiger partial charge in [0.05, 0.1) is 5.52 Å². The van der Waals surface area contributed by atoms with E-state index in [0.717, 1.165) is 19.3 Å². The number of pyridine rings is 1. The van der Waals surface area contributed by atoms with Crippen molar-refractivity contribution in [2.45, 2.75) is 37.5 Å². The third-order valence-corrected chi connectivity index (χ3v) is 6.07. The van der Waals surface area contributed by atoms with Gasteiger partial charge in [0.1, 0.15) is 11.4 Å². The molecule has 1 fully saturated rings. The first-order valence-corrected chi connectivity index (χ1v) is 9.34. The maximum atomic E-state index is 13.7. The summed E-state index contributed by atoms with van der Waals surface area (Å²) in [4.78, 5) is 30.2. The van der Waals surface area contributed by atoms with Crippen molar-refractivity contribution in [3.63, 3.8) is 0 Å². The molecule has 3 rings (SSSR count). The number of carbonyl (C=O) groups excluding carboxylic acids is 1. The summed E-state index contributed by atoms with van der Waals surface area (Å²) in [5, 5.41) is 0.623. The van der Waals surface area contributed by atoms with Gasteiger partial charge in [0.15, 0.2) is 0 Å². The first-order chi connectivity index (χ1) is 11.4. The number of nitrogens with zero attached hydrogens (tertiary/aromatic N) is 1. The molecule has 2 aromatic rings. The number of hydrogen-bond donors (Lipinski definition) is 1. The van der Waals surface area contributed by atoms with Crippen molar-refractivity contribution >= 4 is 28.6 Å². The van der Waals surface area contributed by atoms with Crippen LogP contribution in [0.25, 0.3) is 10.9 Å². The van der Waals surface area contributed by atoms with E-state index in [1.165, 1.54) is 18.3 Å². The van der Waals surface area contributed by atoms with Crippen molar-refractivity contribution < 1.29 is 9.18 Å². The van der Waals surface area contributed by atoms with Crippen LogP contribution in [0.2, 0.25) is 0 Å². The Morgan fingerprint density at radius 3 is 2.83 bits per heavy atom. The summed E-state index contributed by atoms with van der Waals surface area (Å²) in [5.74, 6) is -0.771. The van der Waals surface area contributed by atoms with E-state index in [2.05, 4.69) is 11.2 Å². The average Bonchev–Trinajstić information content (AvgIpc) is 3.03. The molecule has 0 aliphatic heterocycles. The van der Waals surface area contributed by atoms with Gasteiger partial charge < -0.3 is 9.88 Å². The molecule has 0 bridgehead atoms. The predicted octanol–water partition coefficient (Wildman–Crippen LogP) is 3.33. The summed E-state index contributed by atoms with van der Waals surface area (Å²) in [7, 11) is 1.75. The van der Waals surface area contributed by atoms with E-state index in [1.807, 2.05) is 0 Å². The molecule has 0 unspecified atom stereocenters. The van der Waals surface area contributed by atoms with Crippen molar-refractivity contribution in [1.82, 2.24) is 9.88 Å². The molecule has 1 aromatic carbocycles. The van der Waals surface area contributed by atoms with Gasteiger partial charge in [0, 0.05) is 29.9 Å². The minimum absolute atomic E-state index is 0.0711. The summed E-state index contributed by atoms with van der Waals surface area (Å²) in [6, 6.07) is 2.70. The highest BCUT2D eigenvalue weighted by molar-refractivity contribution is 7.99. The second-order valence-corrected chi connectivity index (χ2v) is 7.44. The molecule has 0 saturated heterocycles. The number of carbonyl (C=O) groups is 1. The number of benzene rings is 1. The van der Waals surface area contributed by atoms with Gasteiger partial charge >= 0.3 is 0 Å². The molecule has 1 N–H and O–H groups in total. The van der Waals surface area contributed by atoms with Crippen LogP contribution in [0.5, 0.6) is 0 Å². The van der Waals surface area contributed by atoms with Crippen LogP contribution in [0.4, 0.5) is 4.39 Å². The minimum Gasteiger partial charge on any atom is -0.360 e. The van der Waals surface area contributed by atoms with Crippen molar-refractivity contribution in [3.8, 4) is 0 Å². The molecule has 24 heavy (non-hydrogen) atoms. The van der Waals surface area contributed by atoms with Crippen molar-refractivity contribution in [1.29, 1.82) is 0 Å². The van der Waals surface area contributed by atoms with E-state index in [-0.39, 0.29) is 22.9 Å². The number of fused-ring (bicyclic) bond motifs is 1. The molecule has 1 heterocycles. The summed E-state index contributed by atoms with van der Waals surface area (Å²) in [5.41, 5.74) is 0.875. The van der Waals surface area contributed by atoms with Gasteiger partial charge in [0.2, 0.25) is 5.43 Å². The first kappa shape index (κ1) is 17.0. The molecule has 128 valence electrons. The van der Waals surface area contributed by atoms with Crippen LogP contribution in [-0.4, -0.2) is 40.4 Å². The number of aryl methyl sites for hydroxylation is 1. The van der Waals surface area contributed by atoms with Crippen LogP contribution in [0.1, 0.15) is 35.2 Å². The Hall–Kier alpha value is -1.82. The van der Waals surface area contributed by atoms with Crippen molar-refractivity contribution in [2.24, 2.45) is 0 Å². The molecule has 0 spiro atoms. The predicted molar refractivity (Wildman–Crippen MR) is 96.3 cm³/mol. The van der Waals surface area contributed by atoms with Gasteiger partial charge in [-0.15, -0.1) is 0 Å². The SMILES string of the molecule is CS[C@H]1CCC[C@H]1N(C)C(=O)c1c[nH]c2c(C)cc(F)cc2c1=O. The number of thioether (sulfide) groups is 1. The lowest BCUT2D eigenvalue weighted by Crippen LogP contribution is -2.42. The average molecular weight is 348 g/mol. The number of hydrogen-bond acceptors (Lipinski definition) is 3. The van der Waals surface area contributed by atoms with Crippen LogP contribution < -0.4 is 5.43 Å². The zero-order chi connectivity index (χ0) is 17.4. The maximum Gasteiger partial charge on any atom is 0.259 e. The van der Waals surface area contributed by atoms with E-state index in [0.29, 0.717) is 16.3 Å². The highest BCUT2D eigenvalue weighted by Crippen LogP contribution is 2.32. The maximum absolute atomic E-state index is 13.7. The van der Waals surface area contributed by atoms with Gasteiger partial charge in [-0.3, -0.25) is 9.59 Å². The molecule has 0 radical (unpaired) electrons. The highest BCUT2D eigenvalue weighted by atomic mass is 32.2. The van der Waals surface area contributed by atoms with Gasteiger partial charge in [-0.1, -0.05) is 6.42 Å². The smallest absolute Gasteiger partial charge is 0.259 e. The number of rotatable bonds is 3. The van der Waals surface area contributed by atoms with Crippen LogP contribution >= 0.6 is 11.8 Å². The monoisotopic (exact) mass is 348 g/mol. The molecule has 4 nitrogen and oxygen atoms in total. The number of aromatic nitrogens is 1. The van der Waals surface area contributed by atoms with Gasteiger partial charge in [0.25, 0.3) is 5.91 Å². The topological polar surface area (TPSA) is 53.2 Å². The number of aromatic amines is 1. The first-order valence-electron chi connectivity index (χ1n) is 8.05. The lowest BCUT2D eigenvalue weighted by Gasteiger charge is -2.28. The second-order valence-electron chi connectivity index (χ2n) is 6.37. The minimum atomic E-state index is -0.471. The molecule has 2 atom stereocenters. The quantitative estimate of drug-likeness (QED) is 0.926. The molecule has 6 heteroatoms. The molecular formula is C18H21FN2O2S. The van der Waals surface area contributed by atoms with Crippen LogP contribution in [-0.2, 0) is 0 Å². The standard InChI is InChI=1S/C18H21FN2O2S/c1-10-7-11(19)8-12-16(10)20-9-13(17(12)22)18(23)21(2)14-5-4-6-15(14)24-3/h7-9,14-15H,4-6H2,1-3H3,(H,20,22)/t14-,15+/m1/s1. The normalized spacial score (nSPS) is 20.5. The molecule has 1 aliphatic rings. The van der Waals surface area contributed by atoms with Gasteiger partial charge in [-0.25, -0.2) is 4.39 Å². The fourth-order valence-corrected chi connectivity index (χ4v) is 4.63. The number of nitrogens with one attached hydrogen (secondary N) is 1. The zero-order valence-electron chi connectivity index (χ0n) is 14.1. The summed E-state index contributed by atoms with van der Waals surface area (Å²) in [6.07, 6.45) is 6.63. The summed E-state index contributed by atoms with van der Waals surface area (Å²) < 4.78 is 13.7. The molecule has 1 aromatic heterocycles. The third kappa shape index (κ3) is 2.83. The fourth-order valence-electron chi connectivity index (χ4n) is 3.59. The zero-order valence-corrected chi connectivity index (χ0v) is 14.9. The lowest BCUT2D eigenvalue weighted by molar-refractivity contribution is 0.0737. The molecule has 1 saturated carbocycles. The Bertz CT molecular complexity index is 849. The highest BCUT2D eigenvalue weighted by Gasteiger charge is 2.33. The number of H-pyrrole nitrogens is 1. The summed E-state index contributed by atoms with van der Waals surface area (Å²) >= 11 is 1.76. The molecular weight excluding hydrogens is 327 g/mol. The van der Waals surface area contributed by atoms with E-state index in [1.54, 1.807) is 30.6 Å². The Labute approximate surface area is 144 Å². The Morgan fingerprint density at radius 1 is 1.38 bits per heavy atom. The number of halogens is 1.